The molecule has 1 amide bonds. The van der Waals surface area contributed by atoms with Gasteiger partial charge in [0.05, 0.1) is 6.21 Å². The first-order valence-electron chi connectivity index (χ1n) is 7.97. The van der Waals surface area contributed by atoms with E-state index in [0.717, 1.165) is 5.56 Å². The summed E-state index contributed by atoms with van der Waals surface area (Å²) in [5.41, 5.74) is 3.24. The lowest BCUT2D eigenvalue weighted by atomic mass is 10.3. The van der Waals surface area contributed by atoms with E-state index in [1.165, 1.54) is 6.21 Å². The molecule has 1 N–H and O–H groups in total. The van der Waals surface area contributed by atoms with Crippen molar-refractivity contribution in [2.75, 3.05) is 0 Å². The number of carbonyl (C=O) groups is 1. The van der Waals surface area contributed by atoms with Crippen molar-refractivity contribution >= 4 is 12.1 Å². The van der Waals surface area contributed by atoms with Crippen LogP contribution in [0.3, 0.4) is 0 Å². The van der Waals surface area contributed by atoms with Crippen molar-refractivity contribution in [1.29, 1.82) is 0 Å². The van der Waals surface area contributed by atoms with Crippen LogP contribution >= 0.6 is 0 Å². The summed E-state index contributed by atoms with van der Waals surface area (Å²) in [6.45, 7) is 0. The quantitative estimate of drug-likeness (QED) is 0.405. The Kier molecular flexibility index (Phi) is 5.93. The summed E-state index contributed by atoms with van der Waals surface area (Å²) in [6, 6.07) is 21.5. The van der Waals surface area contributed by atoms with Crippen molar-refractivity contribution in [3.05, 3.63) is 90.8 Å². The highest BCUT2D eigenvalue weighted by Crippen LogP contribution is 2.16. The summed E-state index contributed by atoms with van der Waals surface area (Å²) in [7, 11) is 0. The van der Waals surface area contributed by atoms with Gasteiger partial charge in [0.25, 0.3) is 0 Å². The molecule has 0 saturated carbocycles. The van der Waals surface area contributed by atoms with E-state index in [2.05, 4.69) is 15.5 Å². The maximum atomic E-state index is 12.5. The van der Waals surface area contributed by atoms with Crippen LogP contribution < -0.4 is 14.9 Å². The first-order valence-corrected chi connectivity index (χ1v) is 7.97. The SMILES string of the molecule is O=C(N/N=C/c1ccncc1)C(Oc1ccccc1)Oc1ccccc1. The molecule has 6 heteroatoms. The monoisotopic (exact) mass is 347 g/mol. The molecule has 1 aromatic heterocycles. The van der Waals surface area contributed by atoms with Gasteiger partial charge in [-0.2, -0.15) is 5.10 Å². The maximum Gasteiger partial charge on any atom is 0.323 e. The molecule has 0 fully saturated rings. The molecule has 0 radical (unpaired) electrons. The number of carbonyl (C=O) groups excluding carboxylic acids is 1. The molecule has 0 atom stereocenters. The third kappa shape index (κ3) is 5.17. The molecule has 3 aromatic rings. The molecule has 0 spiro atoms. The number of nitrogens with one attached hydrogen (secondary N) is 1. The van der Waals surface area contributed by atoms with Gasteiger partial charge in [0.2, 0.25) is 0 Å². The summed E-state index contributed by atoms with van der Waals surface area (Å²) in [5.74, 6) is 0.506. The van der Waals surface area contributed by atoms with Crippen LogP contribution in [0.15, 0.2) is 90.3 Å². The van der Waals surface area contributed by atoms with Gasteiger partial charge in [-0.1, -0.05) is 36.4 Å². The van der Waals surface area contributed by atoms with E-state index in [4.69, 9.17) is 9.47 Å². The molecular formula is C20H17N3O3. The zero-order chi connectivity index (χ0) is 18.0. The zero-order valence-electron chi connectivity index (χ0n) is 13.9. The largest absolute Gasteiger partial charge is 0.446 e. The van der Waals surface area contributed by atoms with Gasteiger partial charge in [-0.3, -0.25) is 9.78 Å². The molecule has 3 rings (SSSR count). The summed E-state index contributed by atoms with van der Waals surface area (Å²) in [6.07, 6.45) is 3.61. The van der Waals surface area contributed by atoms with Gasteiger partial charge < -0.3 is 9.47 Å². The fourth-order valence-corrected chi connectivity index (χ4v) is 2.05. The average molecular weight is 347 g/mol. The second-order valence-corrected chi connectivity index (χ2v) is 5.21. The predicted octanol–water partition coefficient (Wildman–Crippen LogP) is 3.02. The number of hydrazone groups is 1. The summed E-state index contributed by atoms with van der Waals surface area (Å²) in [5, 5.41) is 3.93. The minimum absolute atomic E-state index is 0.515. The van der Waals surface area contributed by atoms with E-state index < -0.39 is 12.2 Å². The van der Waals surface area contributed by atoms with Crippen molar-refractivity contribution in [3.63, 3.8) is 0 Å². The second kappa shape index (κ2) is 8.98. The molecule has 0 saturated heterocycles. The summed E-state index contributed by atoms with van der Waals surface area (Å²) in [4.78, 5) is 16.4. The number of ether oxygens (including phenoxy) is 2. The van der Waals surface area contributed by atoms with Crippen molar-refractivity contribution in [1.82, 2.24) is 10.4 Å². The van der Waals surface area contributed by atoms with Crippen LogP contribution in [0.2, 0.25) is 0 Å². The molecule has 6 nitrogen and oxygen atoms in total. The number of hydrogen-bond donors (Lipinski definition) is 1. The van der Waals surface area contributed by atoms with Crippen LogP contribution in [0.4, 0.5) is 0 Å². The molecule has 1 heterocycles. The fraction of sp³-hybridized carbons (Fsp3) is 0.0500. The number of benzene rings is 2. The van der Waals surface area contributed by atoms with E-state index in [-0.39, 0.29) is 0 Å². The minimum atomic E-state index is -1.19. The van der Waals surface area contributed by atoms with Gasteiger partial charge in [0, 0.05) is 12.4 Å². The van der Waals surface area contributed by atoms with E-state index in [0.29, 0.717) is 11.5 Å². The van der Waals surface area contributed by atoms with Crippen molar-refractivity contribution < 1.29 is 14.3 Å². The highest BCUT2D eigenvalue weighted by atomic mass is 16.7. The third-order valence-electron chi connectivity index (χ3n) is 3.28. The molecule has 0 aliphatic heterocycles. The van der Waals surface area contributed by atoms with Gasteiger partial charge in [-0.25, -0.2) is 5.43 Å². The van der Waals surface area contributed by atoms with E-state index in [1.807, 2.05) is 36.4 Å². The number of para-hydroxylation sites is 2. The van der Waals surface area contributed by atoms with Gasteiger partial charge >= 0.3 is 12.2 Å². The van der Waals surface area contributed by atoms with E-state index in [1.54, 1.807) is 48.8 Å². The molecule has 130 valence electrons. The Morgan fingerprint density at radius 3 is 1.96 bits per heavy atom. The predicted molar refractivity (Wildman–Crippen MR) is 97.9 cm³/mol. The molecule has 0 aliphatic rings. The zero-order valence-corrected chi connectivity index (χ0v) is 13.9. The Labute approximate surface area is 151 Å². The minimum Gasteiger partial charge on any atom is -0.446 e. The standard InChI is InChI=1S/C20H17N3O3/c24-19(23-22-15-16-11-13-21-14-12-16)20(25-17-7-3-1-4-8-17)26-18-9-5-2-6-10-18/h1-15,20H,(H,23,24)/b22-15+. The van der Waals surface area contributed by atoms with Crippen molar-refractivity contribution in [3.8, 4) is 11.5 Å². The number of nitrogens with zero attached hydrogens (tertiary/aromatic N) is 2. The second-order valence-electron chi connectivity index (χ2n) is 5.21. The van der Waals surface area contributed by atoms with Crippen LogP contribution in [0, 0.1) is 0 Å². The molecular weight excluding hydrogens is 330 g/mol. The average Bonchev–Trinajstić information content (AvgIpc) is 2.70. The number of amides is 1. The highest BCUT2D eigenvalue weighted by molar-refractivity contribution is 5.83. The molecule has 0 bridgehead atoms. The van der Waals surface area contributed by atoms with Crippen LogP contribution in [0.1, 0.15) is 5.56 Å². The normalized spacial score (nSPS) is 10.7. The van der Waals surface area contributed by atoms with Crippen LogP contribution in [-0.4, -0.2) is 23.4 Å². The fourth-order valence-electron chi connectivity index (χ4n) is 2.05. The molecule has 2 aromatic carbocycles. The van der Waals surface area contributed by atoms with E-state index in [9.17, 15) is 4.79 Å². The Morgan fingerprint density at radius 2 is 1.42 bits per heavy atom. The maximum absolute atomic E-state index is 12.5. The number of pyridine rings is 1. The Morgan fingerprint density at radius 1 is 0.885 bits per heavy atom. The Bertz CT molecular complexity index is 798. The van der Waals surface area contributed by atoms with Crippen molar-refractivity contribution in [2.24, 2.45) is 5.10 Å². The third-order valence-corrected chi connectivity index (χ3v) is 3.28. The Balaban J connectivity index is 1.69. The first-order chi connectivity index (χ1) is 12.8. The van der Waals surface area contributed by atoms with Gasteiger partial charge in [0.1, 0.15) is 11.5 Å². The molecule has 0 aliphatic carbocycles. The Hall–Kier alpha value is -3.67. The number of hydrogen-bond acceptors (Lipinski definition) is 5. The molecule has 0 unspecified atom stereocenters. The number of rotatable bonds is 7. The number of aromatic nitrogens is 1. The highest BCUT2D eigenvalue weighted by Gasteiger charge is 2.22. The lowest BCUT2D eigenvalue weighted by molar-refractivity contribution is -0.140. The van der Waals surface area contributed by atoms with Crippen molar-refractivity contribution in [2.45, 2.75) is 6.29 Å². The lowest BCUT2D eigenvalue weighted by Gasteiger charge is -2.18. The molecule has 26 heavy (non-hydrogen) atoms. The van der Waals surface area contributed by atoms with Crippen LogP contribution in [-0.2, 0) is 4.79 Å². The topological polar surface area (TPSA) is 72.8 Å². The van der Waals surface area contributed by atoms with Crippen LogP contribution in [0.25, 0.3) is 0 Å². The lowest BCUT2D eigenvalue weighted by Crippen LogP contribution is -2.40. The van der Waals surface area contributed by atoms with Gasteiger partial charge in [-0.15, -0.1) is 0 Å². The summed E-state index contributed by atoms with van der Waals surface area (Å²) >= 11 is 0. The van der Waals surface area contributed by atoms with Gasteiger partial charge in [0.15, 0.2) is 0 Å². The van der Waals surface area contributed by atoms with E-state index >= 15 is 0 Å². The van der Waals surface area contributed by atoms with Crippen LogP contribution in [0.5, 0.6) is 11.5 Å². The first kappa shape index (κ1) is 17.2. The summed E-state index contributed by atoms with van der Waals surface area (Å²) < 4.78 is 11.3. The van der Waals surface area contributed by atoms with Gasteiger partial charge in [-0.05, 0) is 42.0 Å². The smallest absolute Gasteiger partial charge is 0.323 e.